The molecule has 0 aliphatic carbocycles. The molecule has 0 saturated heterocycles. The van der Waals surface area contributed by atoms with Gasteiger partial charge in [-0.3, -0.25) is 0 Å². The van der Waals surface area contributed by atoms with Gasteiger partial charge in [-0.05, 0) is 0 Å². The van der Waals surface area contributed by atoms with Gasteiger partial charge in [0, 0.05) is 12.1 Å². The van der Waals surface area contributed by atoms with Crippen LogP contribution in [0.5, 0.6) is 11.8 Å². The predicted octanol–water partition coefficient (Wildman–Crippen LogP) is 2.52. The zero-order valence-electron chi connectivity index (χ0n) is 11.3. The third-order valence-corrected chi connectivity index (χ3v) is 2.70. The van der Waals surface area contributed by atoms with E-state index < -0.39 is 23.1 Å². The van der Waals surface area contributed by atoms with E-state index in [1.807, 2.05) is 0 Å². The number of nitrogens with zero attached hydrogens (tertiary/aromatic N) is 2. The molecular weight excluding hydrogens is 287 g/mol. The molecule has 0 fully saturated rings. The van der Waals surface area contributed by atoms with E-state index in [1.165, 1.54) is 20.5 Å². The van der Waals surface area contributed by atoms with Crippen molar-refractivity contribution in [2.45, 2.75) is 6.54 Å². The number of hydrogen-bond acceptors (Lipinski definition) is 5. The molecule has 0 saturated carbocycles. The van der Waals surface area contributed by atoms with Crippen molar-refractivity contribution < 1.29 is 22.6 Å². The predicted molar refractivity (Wildman–Crippen MR) is 68.8 cm³/mol. The molecule has 8 heteroatoms. The highest BCUT2D eigenvalue weighted by molar-refractivity contribution is 5.48. The van der Waals surface area contributed by atoms with E-state index in [9.17, 15) is 13.2 Å². The van der Waals surface area contributed by atoms with Crippen molar-refractivity contribution in [2.24, 2.45) is 0 Å². The first-order valence-electron chi connectivity index (χ1n) is 5.87. The topological polar surface area (TPSA) is 56.3 Å². The Labute approximate surface area is 118 Å². The number of hydrogen-bond donors (Lipinski definition) is 1. The van der Waals surface area contributed by atoms with Crippen LogP contribution in [0.1, 0.15) is 5.56 Å². The summed E-state index contributed by atoms with van der Waals surface area (Å²) in [5, 5.41) is 2.52. The zero-order chi connectivity index (χ0) is 15.4. The molecule has 0 atom stereocenters. The summed E-state index contributed by atoms with van der Waals surface area (Å²) in [6, 6.07) is 1.17. The number of ether oxygens (including phenoxy) is 2. The van der Waals surface area contributed by atoms with Gasteiger partial charge < -0.3 is 14.8 Å². The second-order valence-electron chi connectivity index (χ2n) is 3.97. The van der Waals surface area contributed by atoms with Gasteiger partial charge >= 0.3 is 0 Å². The Hall–Kier alpha value is -2.51. The molecule has 0 bridgehead atoms. The van der Waals surface area contributed by atoms with Crippen LogP contribution in [0.15, 0.2) is 18.5 Å². The van der Waals surface area contributed by atoms with Crippen LogP contribution < -0.4 is 14.8 Å². The van der Waals surface area contributed by atoms with E-state index in [4.69, 9.17) is 9.47 Å². The quantitative estimate of drug-likeness (QED) is 0.919. The van der Waals surface area contributed by atoms with Crippen molar-refractivity contribution >= 4 is 5.69 Å². The zero-order valence-corrected chi connectivity index (χ0v) is 11.3. The maximum absolute atomic E-state index is 13.5. The van der Waals surface area contributed by atoms with Crippen LogP contribution in [0.25, 0.3) is 0 Å². The fraction of sp³-hybridized carbons (Fsp3) is 0.231. The van der Waals surface area contributed by atoms with Crippen molar-refractivity contribution in [3.05, 3.63) is 41.5 Å². The summed E-state index contributed by atoms with van der Waals surface area (Å²) < 4.78 is 50.0. The Balaban J connectivity index is 2.28. The van der Waals surface area contributed by atoms with Gasteiger partial charge in [0.25, 0.3) is 0 Å². The van der Waals surface area contributed by atoms with Gasteiger partial charge in [-0.1, -0.05) is 0 Å². The van der Waals surface area contributed by atoms with E-state index in [2.05, 4.69) is 15.3 Å². The number of methoxy groups -OCH3 is 2. The molecule has 1 aromatic heterocycles. The van der Waals surface area contributed by atoms with Crippen molar-refractivity contribution in [3.63, 3.8) is 0 Å². The second kappa shape index (κ2) is 6.29. The molecule has 5 nitrogen and oxygen atoms in total. The first-order valence-corrected chi connectivity index (χ1v) is 5.87. The highest BCUT2D eigenvalue weighted by Crippen LogP contribution is 2.26. The molecule has 1 aromatic carbocycles. The normalized spacial score (nSPS) is 10.3. The van der Waals surface area contributed by atoms with Gasteiger partial charge in [-0.2, -0.15) is 0 Å². The Morgan fingerprint density at radius 1 is 1.00 bits per heavy atom. The fourth-order valence-electron chi connectivity index (χ4n) is 1.77. The molecule has 1 N–H and O–H groups in total. The van der Waals surface area contributed by atoms with Gasteiger partial charge in [-0.25, -0.2) is 23.1 Å². The van der Waals surface area contributed by atoms with Crippen LogP contribution >= 0.6 is 0 Å². The van der Waals surface area contributed by atoms with Crippen molar-refractivity contribution in [1.29, 1.82) is 0 Å². The molecule has 112 valence electrons. The van der Waals surface area contributed by atoms with Crippen LogP contribution in [-0.2, 0) is 6.54 Å². The molecule has 1 heterocycles. The smallest absolute Gasteiger partial charge is 0.225 e. The Bertz CT molecular complexity index is 607. The Morgan fingerprint density at radius 3 is 2.00 bits per heavy atom. The molecule has 0 amide bonds. The molecule has 2 rings (SSSR count). The summed E-state index contributed by atoms with van der Waals surface area (Å²) in [6.45, 7) is -0.0628. The molecular formula is C13H12F3N3O2. The summed E-state index contributed by atoms with van der Waals surface area (Å²) in [7, 11) is 2.79. The standard InChI is InChI=1S/C13H12F3N3O2/c1-20-12-8(13(21-2)19-6-18-12)5-17-11-9(15)3-7(14)4-10(11)16/h3-4,6,17H,5H2,1-2H3. The van der Waals surface area contributed by atoms with Crippen LogP contribution in [0.3, 0.4) is 0 Å². The first-order chi connectivity index (χ1) is 10.1. The average Bonchev–Trinajstić information content (AvgIpc) is 2.45. The summed E-state index contributed by atoms with van der Waals surface area (Å²) >= 11 is 0. The van der Waals surface area contributed by atoms with Crippen molar-refractivity contribution in [2.75, 3.05) is 19.5 Å². The van der Waals surface area contributed by atoms with E-state index in [-0.39, 0.29) is 18.3 Å². The second-order valence-corrected chi connectivity index (χ2v) is 3.97. The lowest BCUT2D eigenvalue weighted by molar-refractivity contribution is 0.363. The third kappa shape index (κ3) is 3.15. The number of anilines is 1. The van der Waals surface area contributed by atoms with E-state index in [1.54, 1.807) is 0 Å². The maximum atomic E-state index is 13.5. The summed E-state index contributed by atoms with van der Waals surface area (Å²) in [5.74, 6) is -2.66. The lowest BCUT2D eigenvalue weighted by atomic mass is 10.2. The van der Waals surface area contributed by atoms with Crippen LogP contribution in [0.4, 0.5) is 18.9 Å². The molecule has 0 aliphatic rings. The minimum Gasteiger partial charge on any atom is -0.481 e. The lowest BCUT2D eigenvalue weighted by Gasteiger charge is -2.13. The number of benzene rings is 1. The summed E-state index contributed by atoms with van der Waals surface area (Å²) in [6.07, 6.45) is 1.24. The number of halogens is 3. The van der Waals surface area contributed by atoms with Gasteiger partial charge in [0.2, 0.25) is 11.8 Å². The van der Waals surface area contributed by atoms with E-state index in [0.717, 1.165) is 0 Å². The summed E-state index contributed by atoms with van der Waals surface area (Å²) in [5.41, 5.74) is -0.0741. The number of rotatable bonds is 5. The van der Waals surface area contributed by atoms with Crippen LogP contribution in [-0.4, -0.2) is 24.2 Å². The van der Waals surface area contributed by atoms with Gasteiger partial charge in [0.15, 0.2) is 11.6 Å². The van der Waals surface area contributed by atoms with Crippen molar-refractivity contribution in [3.8, 4) is 11.8 Å². The van der Waals surface area contributed by atoms with E-state index in [0.29, 0.717) is 17.7 Å². The van der Waals surface area contributed by atoms with Gasteiger partial charge in [0.05, 0.1) is 26.3 Å². The summed E-state index contributed by atoms with van der Waals surface area (Å²) in [4.78, 5) is 7.75. The number of nitrogens with one attached hydrogen (secondary N) is 1. The molecule has 0 aliphatic heterocycles. The molecule has 21 heavy (non-hydrogen) atoms. The fourth-order valence-corrected chi connectivity index (χ4v) is 1.77. The number of aromatic nitrogens is 2. The van der Waals surface area contributed by atoms with Gasteiger partial charge in [0.1, 0.15) is 17.8 Å². The highest BCUT2D eigenvalue weighted by atomic mass is 19.1. The van der Waals surface area contributed by atoms with Crippen LogP contribution in [0.2, 0.25) is 0 Å². The highest BCUT2D eigenvalue weighted by Gasteiger charge is 2.16. The van der Waals surface area contributed by atoms with Crippen LogP contribution in [0, 0.1) is 17.5 Å². The molecule has 2 aromatic rings. The first kappa shape index (κ1) is 14.9. The third-order valence-electron chi connectivity index (χ3n) is 2.70. The molecule has 0 radical (unpaired) electrons. The molecule has 0 spiro atoms. The lowest BCUT2D eigenvalue weighted by Crippen LogP contribution is -2.09. The minimum atomic E-state index is -1.04. The minimum absolute atomic E-state index is 0.0628. The average molecular weight is 299 g/mol. The maximum Gasteiger partial charge on any atom is 0.225 e. The van der Waals surface area contributed by atoms with Gasteiger partial charge in [-0.15, -0.1) is 0 Å². The van der Waals surface area contributed by atoms with E-state index >= 15 is 0 Å². The molecule has 0 unspecified atom stereocenters. The van der Waals surface area contributed by atoms with Crippen molar-refractivity contribution in [1.82, 2.24) is 9.97 Å². The largest absolute Gasteiger partial charge is 0.481 e. The monoisotopic (exact) mass is 299 g/mol. The Morgan fingerprint density at radius 2 is 1.52 bits per heavy atom. The Kier molecular flexibility index (Phi) is 4.46. The SMILES string of the molecule is COc1ncnc(OC)c1CNc1c(F)cc(F)cc1F.